The number of halogens is 1. The molecule has 4 nitrogen and oxygen atoms in total. The van der Waals surface area contributed by atoms with Gasteiger partial charge >= 0.3 is 0 Å². The molecule has 0 fully saturated rings. The number of ether oxygens (including phenoxy) is 1. The second kappa shape index (κ2) is 10.1. The number of oxime groups is 1. The third-order valence-electron chi connectivity index (χ3n) is 4.47. The SMILES string of the molecule is CC[N+](CC)(CC)C/C(=N\OC(C)(C)OC)c1ccccc1.[Br-]. The van der Waals surface area contributed by atoms with Gasteiger partial charge in [0.2, 0.25) is 5.79 Å². The topological polar surface area (TPSA) is 30.8 Å². The zero-order valence-corrected chi connectivity index (χ0v) is 16.9. The van der Waals surface area contributed by atoms with Crippen molar-refractivity contribution in [2.24, 2.45) is 5.16 Å². The largest absolute Gasteiger partial charge is 1.00 e. The molecule has 0 saturated carbocycles. The van der Waals surface area contributed by atoms with Crippen LogP contribution in [0.1, 0.15) is 40.2 Å². The smallest absolute Gasteiger partial charge is 0.230 e. The van der Waals surface area contributed by atoms with Gasteiger partial charge < -0.3 is 31.0 Å². The predicted molar refractivity (Wildman–Crippen MR) is 91.9 cm³/mol. The summed E-state index contributed by atoms with van der Waals surface area (Å²) in [6, 6.07) is 10.2. The normalized spacial score (nSPS) is 12.7. The van der Waals surface area contributed by atoms with Crippen LogP contribution >= 0.6 is 0 Å². The highest BCUT2D eigenvalue weighted by Gasteiger charge is 2.26. The molecule has 0 aliphatic carbocycles. The van der Waals surface area contributed by atoms with E-state index in [9.17, 15) is 0 Å². The maximum Gasteiger partial charge on any atom is 0.230 e. The predicted octanol–water partition coefficient (Wildman–Crippen LogP) is 0.670. The number of nitrogens with zero attached hydrogens (tertiary/aromatic N) is 2. The highest BCUT2D eigenvalue weighted by molar-refractivity contribution is 6.01. The number of benzene rings is 1. The second-order valence-electron chi connectivity index (χ2n) is 6.05. The quantitative estimate of drug-likeness (QED) is 0.270. The Morgan fingerprint density at radius 3 is 2.00 bits per heavy atom. The van der Waals surface area contributed by atoms with Crippen LogP contribution in [0.2, 0.25) is 0 Å². The second-order valence-corrected chi connectivity index (χ2v) is 6.05. The third-order valence-corrected chi connectivity index (χ3v) is 4.47. The Hall–Kier alpha value is -0.910. The summed E-state index contributed by atoms with van der Waals surface area (Å²) in [5, 5.41) is 4.44. The maximum atomic E-state index is 5.63. The fourth-order valence-electron chi connectivity index (χ4n) is 2.33. The van der Waals surface area contributed by atoms with Crippen molar-refractivity contribution >= 4 is 5.71 Å². The first-order valence-electron chi connectivity index (χ1n) is 8.12. The van der Waals surface area contributed by atoms with Crippen molar-refractivity contribution in [2.45, 2.75) is 40.4 Å². The van der Waals surface area contributed by atoms with Crippen LogP contribution in [0.5, 0.6) is 0 Å². The van der Waals surface area contributed by atoms with Crippen molar-refractivity contribution in [3.8, 4) is 0 Å². The first-order valence-corrected chi connectivity index (χ1v) is 8.12. The van der Waals surface area contributed by atoms with Crippen LogP contribution in [0, 0.1) is 0 Å². The van der Waals surface area contributed by atoms with Gasteiger partial charge in [-0.3, -0.25) is 0 Å². The van der Waals surface area contributed by atoms with Gasteiger partial charge in [-0.1, -0.05) is 35.5 Å². The molecule has 132 valence electrons. The van der Waals surface area contributed by atoms with Crippen LogP contribution in [0.3, 0.4) is 0 Å². The Bertz CT molecular complexity index is 463. The molecule has 0 unspecified atom stereocenters. The average Bonchev–Trinajstić information content (AvgIpc) is 2.56. The van der Waals surface area contributed by atoms with Gasteiger partial charge in [0, 0.05) is 26.5 Å². The summed E-state index contributed by atoms with van der Waals surface area (Å²) in [5.41, 5.74) is 2.07. The molecule has 0 spiro atoms. The lowest BCUT2D eigenvalue weighted by Crippen LogP contribution is -3.00. The molecule has 5 heteroatoms. The molecule has 1 rings (SSSR count). The number of methoxy groups -OCH3 is 1. The van der Waals surface area contributed by atoms with E-state index in [-0.39, 0.29) is 17.0 Å². The Kier molecular flexibility index (Phi) is 9.66. The van der Waals surface area contributed by atoms with E-state index in [1.165, 1.54) is 0 Å². The molecule has 0 aliphatic heterocycles. The van der Waals surface area contributed by atoms with E-state index in [0.717, 1.165) is 41.9 Å². The molecule has 0 heterocycles. The van der Waals surface area contributed by atoms with Crippen molar-refractivity contribution in [2.75, 3.05) is 33.3 Å². The van der Waals surface area contributed by atoms with E-state index in [4.69, 9.17) is 9.57 Å². The average molecular weight is 387 g/mol. The number of rotatable bonds is 9. The minimum atomic E-state index is -0.722. The van der Waals surface area contributed by atoms with Crippen LogP contribution in [0.25, 0.3) is 0 Å². The minimum Gasteiger partial charge on any atom is -1.00 e. The lowest BCUT2D eigenvalue weighted by Gasteiger charge is -2.36. The van der Waals surface area contributed by atoms with Gasteiger partial charge in [0.15, 0.2) is 0 Å². The molecule has 1 aromatic rings. The van der Waals surface area contributed by atoms with E-state index < -0.39 is 5.79 Å². The summed E-state index contributed by atoms with van der Waals surface area (Å²) in [6.45, 7) is 14.5. The van der Waals surface area contributed by atoms with Gasteiger partial charge in [-0.25, -0.2) is 0 Å². The van der Waals surface area contributed by atoms with Gasteiger partial charge in [-0.05, 0) is 20.8 Å². The summed E-state index contributed by atoms with van der Waals surface area (Å²) in [4.78, 5) is 5.63. The van der Waals surface area contributed by atoms with Crippen molar-refractivity contribution < 1.29 is 31.0 Å². The lowest BCUT2D eigenvalue weighted by molar-refractivity contribution is -0.914. The highest BCUT2D eigenvalue weighted by Crippen LogP contribution is 2.15. The lowest BCUT2D eigenvalue weighted by atomic mass is 10.1. The Balaban J connectivity index is 0.00000484. The number of quaternary nitrogens is 1. The monoisotopic (exact) mass is 386 g/mol. The molecule has 0 atom stereocenters. The first-order chi connectivity index (χ1) is 10.4. The Morgan fingerprint density at radius 2 is 1.57 bits per heavy atom. The highest BCUT2D eigenvalue weighted by atomic mass is 79.9. The zero-order chi connectivity index (χ0) is 16.6. The molecule has 0 N–H and O–H groups in total. The number of hydrogen-bond donors (Lipinski definition) is 0. The van der Waals surface area contributed by atoms with Gasteiger partial charge in [0.1, 0.15) is 12.3 Å². The van der Waals surface area contributed by atoms with Gasteiger partial charge in [-0.2, -0.15) is 0 Å². The molecule has 0 amide bonds. The third kappa shape index (κ3) is 6.61. The molecule has 0 aromatic heterocycles. The summed E-state index contributed by atoms with van der Waals surface area (Å²) < 4.78 is 6.29. The van der Waals surface area contributed by atoms with Crippen molar-refractivity contribution in [1.82, 2.24) is 0 Å². The summed E-state index contributed by atoms with van der Waals surface area (Å²) in [6.07, 6.45) is 0. The van der Waals surface area contributed by atoms with Crippen LogP contribution < -0.4 is 17.0 Å². The van der Waals surface area contributed by atoms with Crippen LogP contribution in [-0.4, -0.2) is 49.3 Å². The summed E-state index contributed by atoms with van der Waals surface area (Å²) in [7, 11) is 1.63. The summed E-state index contributed by atoms with van der Waals surface area (Å²) in [5.74, 6) is -0.722. The van der Waals surface area contributed by atoms with Crippen LogP contribution in [-0.2, 0) is 9.57 Å². The molecular formula is C18H31BrN2O2. The van der Waals surface area contributed by atoms with Gasteiger partial charge in [-0.15, -0.1) is 0 Å². The Morgan fingerprint density at radius 1 is 1.04 bits per heavy atom. The van der Waals surface area contributed by atoms with Gasteiger partial charge in [0.05, 0.1) is 19.6 Å². The van der Waals surface area contributed by atoms with Crippen LogP contribution in [0.4, 0.5) is 0 Å². The van der Waals surface area contributed by atoms with E-state index in [0.29, 0.717) is 0 Å². The van der Waals surface area contributed by atoms with E-state index >= 15 is 0 Å². The minimum absolute atomic E-state index is 0. The summed E-state index contributed by atoms with van der Waals surface area (Å²) >= 11 is 0. The van der Waals surface area contributed by atoms with E-state index in [1.54, 1.807) is 7.11 Å². The van der Waals surface area contributed by atoms with E-state index in [2.05, 4.69) is 38.1 Å². The molecule has 0 saturated heterocycles. The number of hydrogen-bond acceptors (Lipinski definition) is 3. The molecule has 1 aromatic carbocycles. The van der Waals surface area contributed by atoms with Crippen LogP contribution in [0.15, 0.2) is 35.5 Å². The fourth-order valence-corrected chi connectivity index (χ4v) is 2.33. The van der Waals surface area contributed by atoms with Crippen molar-refractivity contribution in [3.05, 3.63) is 35.9 Å². The molecule has 23 heavy (non-hydrogen) atoms. The first kappa shape index (κ1) is 22.1. The maximum absolute atomic E-state index is 5.63. The van der Waals surface area contributed by atoms with E-state index in [1.807, 2.05) is 32.0 Å². The standard InChI is InChI=1S/C18H31N2O2.BrH/c1-7-20(8-2,9-3)15-17(16-13-11-10-12-14-16)19-22-18(4,5)21-6;/h10-14H,7-9,15H2,1-6H3;1H/q+1;/p-1/b19-17+;. The Labute approximate surface area is 151 Å². The molecular weight excluding hydrogens is 356 g/mol. The molecule has 0 bridgehead atoms. The molecule has 0 aliphatic rings. The zero-order valence-electron chi connectivity index (χ0n) is 15.3. The fraction of sp³-hybridized carbons (Fsp3) is 0.611. The van der Waals surface area contributed by atoms with Gasteiger partial charge in [0.25, 0.3) is 0 Å². The van der Waals surface area contributed by atoms with Crippen molar-refractivity contribution in [3.63, 3.8) is 0 Å². The number of likely N-dealkylation sites (N-methyl/N-ethyl adjacent to an activating group) is 1. The van der Waals surface area contributed by atoms with Crippen molar-refractivity contribution in [1.29, 1.82) is 0 Å². The molecule has 0 radical (unpaired) electrons.